The highest BCUT2D eigenvalue weighted by Gasteiger charge is 2.31. The van der Waals surface area contributed by atoms with E-state index in [2.05, 4.69) is 10.3 Å². The number of fused-ring (bicyclic) bond motifs is 1. The number of rotatable bonds is 10. The Balaban J connectivity index is 1.51. The third-order valence-corrected chi connectivity index (χ3v) is 7.63. The number of aryl methyl sites for hydroxylation is 1. The van der Waals surface area contributed by atoms with E-state index >= 15 is 0 Å². The average Bonchev–Trinajstić information content (AvgIpc) is 3.01. The zero-order chi connectivity index (χ0) is 31.8. The molecule has 0 aliphatic carbocycles. The van der Waals surface area contributed by atoms with E-state index in [-0.39, 0.29) is 76.1 Å². The molecule has 4 rings (SSSR count). The number of carboxylic acid groups (broad SMARTS) is 1. The van der Waals surface area contributed by atoms with Crippen LogP contribution in [0.15, 0.2) is 24.3 Å². The molecule has 0 saturated carbocycles. The number of hydrogen-bond donors (Lipinski definition) is 3. The lowest BCUT2D eigenvalue weighted by Crippen LogP contribution is -2.56. The van der Waals surface area contributed by atoms with Crippen LogP contribution >= 0.6 is 0 Å². The lowest BCUT2D eigenvalue weighted by molar-refractivity contribution is -0.138. The van der Waals surface area contributed by atoms with Crippen molar-refractivity contribution in [2.45, 2.75) is 51.7 Å². The number of likely N-dealkylation sites (tertiary alicyclic amines) is 1. The van der Waals surface area contributed by atoms with Gasteiger partial charge in [-0.05, 0) is 50.8 Å². The van der Waals surface area contributed by atoms with Crippen molar-refractivity contribution in [1.82, 2.24) is 25.0 Å². The van der Waals surface area contributed by atoms with Crippen molar-refractivity contribution in [3.05, 3.63) is 35.5 Å². The first-order valence-corrected chi connectivity index (χ1v) is 14.8. The van der Waals surface area contributed by atoms with Crippen molar-refractivity contribution in [1.29, 1.82) is 0 Å². The minimum Gasteiger partial charge on any atom is -0.483 e. The van der Waals surface area contributed by atoms with Crippen LogP contribution < -0.4 is 10.1 Å². The van der Waals surface area contributed by atoms with Gasteiger partial charge >= 0.3 is 12.1 Å². The molecule has 0 bridgehead atoms. The van der Waals surface area contributed by atoms with Crippen molar-refractivity contribution >= 4 is 40.7 Å². The molecule has 0 radical (unpaired) electrons. The summed E-state index contributed by atoms with van der Waals surface area (Å²) < 4.78 is 10.9. The number of nitrogens with zero attached hydrogens (tertiary/aromatic N) is 4. The molecule has 44 heavy (non-hydrogen) atoms. The van der Waals surface area contributed by atoms with Gasteiger partial charge in [0.25, 0.3) is 11.8 Å². The summed E-state index contributed by atoms with van der Waals surface area (Å²) in [6.45, 7) is 5.12. The maximum atomic E-state index is 13.5. The van der Waals surface area contributed by atoms with Crippen LogP contribution in [0.25, 0.3) is 10.9 Å². The van der Waals surface area contributed by atoms with Gasteiger partial charge in [0.15, 0.2) is 6.61 Å². The van der Waals surface area contributed by atoms with E-state index in [4.69, 9.17) is 9.47 Å². The standard InChI is InChI=1S/C30H39N5O9/c1-3-43-30(42)34-13-11-33(12-14-34)29(41)22(8-9-27(38)39)32-28(40)24-16-25(21-7-6-19(2)15-23(21)31-24)44-18-26(37)35-10-4-5-20(36)17-35/h6-7,15-16,20,22,36H,3-5,8-14,17-18H2,1-2H3,(H,32,40)(H,38,39)/t20-,22?/m0/s1. The van der Waals surface area contributed by atoms with Gasteiger partial charge in [-0.25, -0.2) is 9.78 Å². The van der Waals surface area contributed by atoms with Crippen molar-refractivity contribution in [3.63, 3.8) is 0 Å². The lowest BCUT2D eigenvalue weighted by atomic mass is 10.1. The number of piperazine rings is 1. The Morgan fingerprint density at radius 1 is 1.05 bits per heavy atom. The van der Waals surface area contributed by atoms with Crippen LogP contribution in [0.4, 0.5) is 4.79 Å². The molecule has 2 fully saturated rings. The van der Waals surface area contributed by atoms with Gasteiger partial charge < -0.3 is 39.7 Å². The summed E-state index contributed by atoms with van der Waals surface area (Å²) in [7, 11) is 0. The van der Waals surface area contributed by atoms with Gasteiger partial charge in [-0.3, -0.25) is 19.2 Å². The van der Waals surface area contributed by atoms with Gasteiger partial charge in [-0.2, -0.15) is 0 Å². The van der Waals surface area contributed by atoms with Crippen LogP contribution in [0.2, 0.25) is 0 Å². The Morgan fingerprint density at radius 2 is 1.77 bits per heavy atom. The van der Waals surface area contributed by atoms with Gasteiger partial charge in [0.05, 0.1) is 18.2 Å². The molecule has 1 aromatic heterocycles. The van der Waals surface area contributed by atoms with Gasteiger partial charge in [0.1, 0.15) is 17.5 Å². The third kappa shape index (κ3) is 8.34. The van der Waals surface area contributed by atoms with Gasteiger partial charge in [0.2, 0.25) is 5.91 Å². The zero-order valence-corrected chi connectivity index (χ0v) is 25.0. The summed E-state index contributed by atoms with van der Waals surface area (Å²) >= 11 is 0. The number of amides is 4. The Morgan fingerprint density at radius 3 is 2.45 bits per heavy atom. The van der Waals surface area contributed by atoms with E-state index in [1.165, 1.54) is 15.9 Å². The minimum absolute atomic E-state index is 0.0702. The van der Waals surface area contributed by atoms with Crippen molar-refractivity contribution < 1.29 is 43.7 Å². The highest BCUT2D eigenvalue weighted by Crippen LogP contribution is 2.27. The first-order chi connectivity index (χ1) is 21.0. The van der Waals surface area contributed by atoms with E-state index in [0.29, 0.717) is 30.3 Å². The van der Waals surface area contributed by atoms with Crippen LogP contribution in [-0.2, 0) is 19.1 Å². The summed E-state index contributed by atoms with van der Waals surface area (Å²) in [6, 6.07) is 5.62. The Bertz CT molecular complexity index is 1390. The number of hydrogen-bond acceptors (Lipinski definition) is 9. The average molecular weight is 614 g/mol. The van der Waals surface area contributed by atoms with Crippen molar-refractivity contribution in [2.24, 2.45) is 0 Å². The quantitative estimate of drug-likeness (QED) is 0.352. The molecule has 14 heteroatoms. The second-order valence-corrected chi connectivity index (χ2v) is 10.9. The molecule has 2 aliphatic heterocycles. The number of nitrogens with one attached hydrogen (secondary N) is 1. The highest BCUT2D eigenvalue weighted by atomic mass is 16.6. The largest absolute Gasteiger partial charge is 0.483 e. The Hall–Kier alpha value is -4.46. The van der Waals surface area contributed by atoms with Crippen LogP contribution in [0.1, 0.15) is 48.7 Å². The number of carbonyl (C=O) groups is 5. The number of benzene rings is 1. The molecule has 3 heterocycles. The highest BCUT2D eigenvalue weighted by molar-refractivity contribution is 5.99. The summed E-state index contributed by atoms with van der Waals surface area (Å²) in [4.78, 5) is 72.1. The Labute approximate surface area is 254 Å². The number of aromatic nitrogens is 1. The summed E-state index contributed by atoms with van der Waals surface area (Å²) in [5.74, 6) is -2.35. The number of aliphatic carboxylic acids is 1. The molecule has 1 unspecified atom stereocenters. The number of aliphatic hydroxyl groups is 1. The molecule has 2 saturated heterocycles. The molecule has 14 nitrogen and oxygen atoms in total. The maximum Gasteiger partial charge on any atom is 0.409 e. The van der Waals surface area contributed by atoms with E-state index in [1.807, 2.05) is 13.0 Å². The molecule has 2 atom stereocenters. The van der Waals surface area contributed by atoms with Crippen LogP contribution in [-0.4, -0.2) is 124 Å². The van der Waals surface area contributed by atoms with Gasteiger partial charge in [-0.1, -0.05) is 6.07 Å². The molecule has 238 valence electrons. The normalized spacial score (nSPS) is 17.6. The van der Waals surface area contributed by atoms with Crippen LogP contribution in [0.3, 0.4) is 0 Å². The monoisotopic (exact) mass is 613 g/mol. The number of carboxylic acids is 1. The van der Waals surface area contributed by atoms with Crippen LogP contribution in [0.5, 0.6) is 5.75 Å². The van der Waals surface area contributed by atoms with E-state index in [0.717, 1.165) is 5.56 Å². The zero-order valence-electron chi connectivity index (χ0n) is 25.0. The van der Waals surface area contributed by atoms with Crippen LogP contribution in [0, 0.1) is 6.92 Å². The Kier molecular flexibility index (Phi) is 10.9. The second-order valence-electron chi connectivity index (χ2n) is 10.9. The number of ether oxygens (including phenoxy) is 2. The molecule has 1 aromatic carbocycles. The lowest BCUT2D eigenvalue weighted by Gasteiger charge is -2.35. The summed E-state index contributed by atoms with van der Waals surface area (Å²) in [5.41, 5.74) is 1.25. The molecule has 2 aliphatic rings. The molecule has 2 aromatic rings. The molecule has 0 spiro atoms. The predicted molar refractivity (Wildman–Crippen MR) is 157 cm³/mol. The minimum atomic E-state index is -1.15. The first kappa shape index (κ1) is 32.5. The van der Waals surface area contributed by atoms with E-state index in [1.54, 1.807) is 24.0 Å². The number of β-amino-alcohol motifs (C(OH)–C–C–N with tert-alkyl or cyclic N) is 1. The fraction of sp³-hybridized carbons (Fsp3) is 0.533. The fourth-order valence-electron chi connectivity index (χ4n) is 5.26. The number of aliphatic hydroxyl groups excluding tert-OH is 1. The number of carbonyl (C=O) groups excluding carboxylic acids is 4. The first-order valence-electron chi connectivity index (χ1n) is 14.8. The number of piperidine rings is 1. The maximum absolute atomic E-state index is 13.5. The smallest absolute Gasteiger partial charge is 0.409 e. The molecule has 3 N–H and O–H groups in total. The van der Waals surface area contributed by atoms with Gasteiger partial charge in [0, 0.05) is 57.1 Å². The molecular formula is C30H39N5O9. The van der Waals surface area contributed by atoms with Gasteiger partial charge in [-0.15, -0.1) is 0 Å². The topological polar surface area (TPSA) is 179 Å². The summed E-state index contributed by atoms with van der Waals surface area (Å²) in [6.07, 6.45) is -0.225. The second kappa shape index (κ2) is 14.8. The fourth-order valence-corrected chi connectivity index (χ4v) is 5.26. The predicted octanol–water partition coefficient (Wildman–Crippen LogP) is 1.17. The van der Waals surface area contributed by atoms with Crippen molar-refractivity contribution in [2.75, 3.05) is 52.5 Å². The number of pyridine rings is 1. The van der Waals surface area contributed by atoms with E-state index in [9.17, 15) is 34.2 Å². The van der Waals surface area contributed by atoms with Crippen molar-refractivity contribution in [3.8, 4) is 5.75 Å². The van der Waals surface area contributed by atoms with E-state index < -0.39 is 36.0 Å². The molecular weight excluding hydrogens is 574 g/mol. The SMILES string of the molecule is CCOC(=O)N1CCN(C(=O)C(CCC(=O)O)NC(=O)c2cc(OCC(=O)N3CCC[C@H](O)C3)c3ccc(C)cc3n2)CC1. The summed E-state index contributed by atoms with van der Waals surface area (Å²) in [5, 5.41) is 22.4. The molecule has 4 amide bonds. The third-order valence-electron chi connectivity index (χ3n) is 7.63.